The standard InChI is InChI=1S/C16H23N5O3.HI/c1-2-24-15(22)12-3-4-14(18-9-12)21-10-13(11-21)19-16(17)20-5-7-23-8-6-20;/h3-4,9,13H,2,5-8,10-11H2,1H3,(H2,17,19);1H. The normalized spacial score (nSPS) is 18.4. The first-order chi connectivity index (χ1) is 11.7. The summed E-state index contributed by atoms with van der Waals surface area (Å²) in [6.45, 7) is 6.67. The summed E-state index contributed by atoms with van der Waals surface area (Å²) in [5.74, 6) is 1.08. The summed E-state index contributed by atoms with van der Waals surface area (Å²) < 4.78 is 10.3. The summed E-state index contributed by atoms with van der Waals surface area (Å²) in [5, 5.41) is 0. The molecule has 0 unspecified atom stereocenters. The number of hydrogen-bond donors (Lipinski definition) is 1. The number of aliphatic imine (C=N–C) groups is 1. The van der Waals surface area contributed by atoms with Crippen molar-refractivity contribution in [3.05, 3.63) is 23.9 Å². The number of nitrogens with zero attached hydrogens (tertiary/aromatic N) is 4. The largest absolute Gasteiger partial charge is 0.462 e. The van der Waals surface area contributed by atoms with Crippen LogP contribution in [0.1, 0.15) is 17.3 Å². The molecule has 3 rings (SSSR count). The summed E-state index contributed by atoms with van der Waals surface area (Å²) in [4.78, 5) is 24.7. The van der Waals surface area contributed by atoms with Crippen molar-refractivity contribution in [1.82, 2.24) is 9.88 Å². The van der Waals surface area contributed by atoms with Crippen LogP contribution >= 0.6 is 24.0 Å². The number of aromatic nitrogens is 1. The lowest BCUT2D eigenvalue weighted by Gasteiger charge is -2.38. The predicted octanol–water partition coefficient (Wildman–Crippen LogP) is 0.712. The topological polar surface area (TPSA) is 93.3 Å². The molecule has 25 heavy (non-hydrogen) atoms. The Morgan fingerprint density at radius 2 is 2.12 bits per heavy atom. The van der Waals surface area contributed by atoms with Gasteiger partial charge >= 0.3 is 5.97 Å². The van der Waals surface area contributed by atoms with E-state index in [1.54, 1.807) is 19.2 Å². The number of hydrogen-bond acceptors (Lipinski definition) is 6. The number of anilines is 1. The lowest BCUT2D eigenvalue weighted by Crippen LogP contribution is -2.53. The molecule has 0 aromatic carbocycles. The molecule has 9 heteroatoms. The molecule has 2 saturated heterocycles. The van der Waals surface area contributed by atoms with Gasteiger partial charge in [0, 0.05) is 32.4 Å². The molecule has 1 aromatic heterocycles. The fourth-order valence-electron chi connectivity index (χ4n) is 2.69. The van der Waals surface area contributed by atoms with Crippen molar-refractivity contribution in [2.45, 2.75) is 13.0 Å². The van der Waals surface area contributed by atoms with Gasteiger partial charge in [-0.3, -0.25) is 0 Å². The van der Waals surface area contributed by atoms with Crippen LogP contribution in [-0.4, -0.2) is 73.9 Å². The van der Waals surface area contributed by atoms with Crippen molar-refractivity contribution in [3.8, 4) is 0 Å². The molecule has 2 aliphatic heterocycles. The highest BCUT2D eigenvalue weighted by Crippen LogP contribution is 2.20. The van der Waals surface area contributed by atoms with Gasteiger partial charge < -0.3 is 25.0 Å². The second-order valence-corrected chi connectivity index (χ2v) is 5.77. The SMILES string of the molecule is CCOC(=O)c1ccc(N2CC(N=C(N)N3CCOCC3)C2)nc1.I. The van der Waals surface area contributed by atoms with Gasteiger partial charge in [-0.05, 0) is 19.1 Å². The van der Waals surface area contributed by atoms with E-state index in [1.165, 1.54) is 0 Å². The Morgan fingerprint density at radius 1 is 1.40 bits per heavy atom. The Labute approximate surface area is 164 Å². The van der Waals surface area contributed by atoms with E-state index < -0.39 is 0 Å². The molecule has 0 aliphatic carbocycles. The van der Waals surface area contributed by atoms with Gasteiger partial charge in [0.1, 0.15) is 5.82 Å². The maximum absolute atomic E-state index is 11.6. The van der Waals surface area contributed by atoms with Gasteiger partial charge in [-0.15, -0.1) is 24.0 Å². The second kappa shape index (κ2) is 9.18. The number of esters is 1. The van der Waals surface area contributed by atoms with Crippen molar-refractivity contribution < 1.29 is 14.3 Å². The van der Waals surface area contributed by atoms with Crippen molar-refractivity contribution in [1.29, 1.82) is 0 Å². The highest BCUT2D eigenvalue weighted by Gasteiger charge is 2.28. The maximum atomic E-state index is 11.6. The molecule has 138 valence electrons. The van der Waals surface area contributed by atoms with E-state index in [9.17, 15) is 4.79 Å². The van der Waals surface area contributed by atoms with Crippen LogP contribution in [0.15, 0.2) is 23.3 Å². The molecule has 2 fully saturated rings. The average molecular weight is 461 g/mol. The number of carbonyl (C=O) groups excluding carboxylic acids is 1. The van der Waals surface area contributed by atoms with Crippen LogP contribution in [-0.2, 0) is 9.47 Å². The highest BCUT2D eigenvalue weighted by atomic mass is 127. The smallest absolute Gasteiger partial charge is 0.339 e. The Balaban J connectivity index is 0.00000225. The zero-order chi connectivity index (χ0) is 16.9. The van der Waals surface area contributed by atoms with Crippen molar-refractivity contribution in [2.24, 2.45) is 10.7 Å². The third-order valence-electron chi connectivity index (χ3n) is 4.10. The predicted molar refractivity (Wildman–Crippen MR) is 106 cm³/mol. The molecular weight excluding hydrogens is 437 g/mol. The van der Waals surface area contributed by atoms with Crippen molar-refractivity contribution in [3.63, 3.8) is 0 Å². The zero-order valence-corrected chi connectivity index (χ0v) is 16.6. The molecule has 2 aliphatic rings. The minimum absolute atomic E-state index is 0. The van der Waals surface area contributed by atoms with Crippen LogP contribution in [0.2, 0.25) is 0 Å². The van der Waals surface area contributed by atoms with Gasteiger partial charge in [0.25, 0.3) is 0 Å². The van der Waals surface area contributed by atoms with E-state index in [2.05, 4.69) is 19.8 Å². The van der Waals surface area contributed by atoms with Crippen LogP contribution in [0.25, 0.3) is 0 Å². The van der Waals surface area contributed by atoms with E-state index in [4.69, 9.17) is 15.2 Å². The second-order valence-electron chi connectivity index (χ2n) is 5.77. The Hall–Kier alpha value is -1.62. The minimum Gasteiger partial charge on any atom is -0.462 e. The van der Waals surface area contributed by atoms with Gasteiger partial charge in [-0.25, -0.2) is 14.8 Å². The fourth-order valence-corrected chi connectivity index (χ4v) is 2.69. The van der Waals surface area contributed by atoms with Crippen LogP contribution in [0.5, 0.6) is 0 Å². The van der Waals surface area contributed by atoms with Gasteiger partial charge in [0.05, 0.1) is 31.4 Å². The summed E-state index contributed by atoms with van der Waals surface area (Å²) in [5.41, 5.74) is 6.52. The monoisotopic (exact) mass is 461 g/mol. The number of ether oxygens (including phenoxy) is 2. The molecular formula is C16H24IN5O3. The van der Waals surface area contributed by atoms with Crippen LogP contribution in [0.3, 0.4) is 0 Å². The summed E-state index contributed by atoms with van der Waals surface area (Å²) in [6.07, 6.45) is 1.55. The third kappa shape index (κ3) is 4.94. The summed E-state index contributed by atoms with van der Waals surface area (Å²) >= 11 is 0. The Bertz CT molecular complexity index is 598. The number of nitrogens with two attached hydrogens (primary N) is 1. The number of rotatable bonds is 4. The molecule has 0 atom stereocenters. The van der Waals surface area contributed by atoms with Gasteiger partial charge in [-0.2, -0.15) is 0 Å². The van der Waals surface area contributed by atoms with E-state index in [1.807, 2.05) is 6.07 Å². The molecule has 3 heterocycles. The van der Waals surface area contributed by atoms with E-state index >= 15 is 0 Å². The van der Waals surface area contributed by atoms with Gasteiger partial charge in [0.15, 0.2) is 5.96 Å². The van der Waals surface area contributed by atoms with E-state index in [0.717, 1.165) is 32.0 Å². The molecule has 0 bridgehead atoms. The number of morpholine rings is 1. The fraction of sp³-hybridized carbons (Fsp3) is 0.562. The first-order valence-corrected chi connectivity index (χ1v) is 8.21. The molecule has 0 radical (unpaired) electrons. The first kappa shape index (κ1) is 19.7. The van der Waals surface area contributed by atoms with E-state index in [-0.39, 0.29) is 36.0 Å². The number of pyridine rings is 1. The summed E-state index contributed by atoms with van der Waals surface area (Å²) in [6, 6.07) is 3.75. The molecule has 0 spiro atoms. The first-order valence-electron chi connectivity index (χ1n) is 8.21. The van der Waals surface area contributed by atoms with Crippen molar-refractivity contribution >= 4 is 41.7 Å². The Kier molecular flexibility index (Phi) is 7.24. The average Bonchev–Trinajstić information content (AvgIpc) is 2.59. The molecule has 0 saturated carbocycles. The molecule has 2 N–H and O–H groups in total. The lowest BCUT2D eigenvalue weighted by atomic mass is 10.1. The minimum atomic E-state index is -0.346. The number of carbonyl (C=O) groups is 1. The number of guanidine groups is 1. The van der Waals surface area contributed by atoms with Crippen LogP contribution in [0.4, 0.5) is 5.82 Å². The quantitative estimate of drug-likeness (QED) is 0.306. The third-order valence-corrected chi connectivity index (χ3v) is 4.10. The molecule has 1 aromatic rings. The lowest BCUT2D eigenvalue weighted by molar-refractivity contribution is 0.0526. The zero-order valence-electron chi connectivity index (χ0n) is 14.3. The molecule has 0 amide bonds. The number of halogens is 1. The van der Waals surface area contributed by atoms with E-state index in [0.29, 0.717) is 31.3 Å². The van der Waals surface area contributed by atoms with Gasteiger partial charge in [0.2, 0.25) is 0 Å². The van der Waals surface area contributed by atoms with Crippen LogP contribution in [0, 0.1) is 0 Å². The Morgan fingerprint density at radius 3 is 2.72 bits per heavy atom. The maximum Gasteiger partial charge on any atom is 0.339 e. The van der Waals surface area contributed by atoms with Crippen LogP contribution < -0.4 is 10.6 Å². The highest BCUT2D eigenvalue weighted by molar-refractivity contribution is 14.0. The molecule has 8 nitrogen and oxygen atoms in total. The van der Waals surface area contributed by atoms with Gasteiger partial charge in [-0.1, -0.05) is 0 Å². The van der Waals surface area contributed by atoms with Crippen molar-refractivity contribution in [2.75, 3.05) is 50.9 Å². The summed E-state index contributed by atoms with van der Waals surface area (Å²) in [7, 11) is 0.